The van der Waals surface area contributed by atoms with Crippen LogP contribution in [0.25, 0.3) is 10.2 Å². The highest BCUT2D eigenvalue weighted by molar-refractivity contribution is 7.18. The standard InChI is InChI=1S/C32H47N5O3S/c1-5-23-10-11-27-29(18-23)41-31(34-27)20-25(19-30(39)33-3)32(40)35-26(24-8-6-7-9-24)12-13-28(38)22(2)21-37-16-14-36(4)15-17-37/h10-11,18,24-26H,2,5-9,12-17,19-21H2,1,3-4H3,(H,33,39)(H,35,40)/t25-,26+/m0/s1. The second-order valence-corrected chi connectivity index (χ2v) is 13.0. The van der Waals surface area contributed by atoms with Crippen LogP contribution >= 0.6 is 11.3 Å². The Balaban J connectivity index is 1.40. The van der Waals surface area contributed by atoms with Crippen molar-refractivity contribution in [2.75, 3.05) is 46.8 Å². The maximum atomic E-state index is 13.7. The molecule has 0 bridgehead atoms. The fourth-order valence-electron chi connectivity index (χ4n) is 6.03. The van der Waals surface area contributed by atoms with Gasteiger partial charge in [0.1, 0.15) is 0 Å². The lowest BCUT2D eigenvalue weighted by Gasteiger charge is -2.32. The summed E-state index contributed by atoms with van der Waals surface area (Å²) >= 11 is 1.60. The van der Waals surface area contributed by atoms with Crippen molar-refractivity contribution >= 4 is 39.2 Å². The third kappa shape index (κ3) is 8.93. The number of hydrogen-bond donors (Lipinski definition) is 2. The first-order valence-corrected chi connectivity index (χ1v) is 16.1. The van der Waals surface area contributed by atoms with E-state index in [9.17, 15) is 14.4 Å². The van der Waals surface area contributed by atoms with Crippen molar-refractivity contribution in [3.63, 3.8) is 0 Å². The van der Waals surface area contributed by atoms with Crippen LogP contribution in [0.1, 0.15) is 62.4 Å². The van der Waals surface area contributed by atoms with Crippen molar-refractivity contribution in [3.8, 4) is 0 Å². The van der Waals surface area contributed by atoms with Crippen LogP contribution in [-0.2, 0) is 27.2 Å². The van der Waals surface area contributed by atoms with Crippen LogP contribution in [0.5, 0.6) is 0 Å². The first kappa shape index (κ1) is 31.3. The Morgan fingerprint density at radius 2 is 1.88 bits per heavy atom. The summed E-state index contributed by atoms with van der Waals surface area (Å²) in [4.78, 5) is 48.6. The minimum atomic E-state index is -0.520. The predicted molar refractivity (Wildman–Crippen MR) is 166 cm³/mol. The minimum Gasteiger partial charge on any atom is -0.359 e. The number of hydrogen-bond acceptors (Lipinski definition) is 7. The Bertz CT molecular complexity index is 1210. The molecule has 2 fully saturated rings. The number of aromatic nitrogens is 1. The zero-order valence-corrected chi connectivity index (χ0v) is 25.9. The quantitative estimate of drug-likeness (QED) is 0.328. The number of nitrogens with zero attached hydrogens (tertiary/aromatic N) is 3. The van der Waals surface area contributed by atoms with E-state index in [0.717, 1.165) is 73.5 Å². The van der Waals surface area contributed by atoms with Gasteiger partial charge in [-0.15, -0.1) is 11.3 Å². The number of piperazine rings is 1. The van der Waals surface area contributed by atoms with E-state index in [-0.39, 0.29) is 30.1 Å². The molecule has 2 amide bonds. The smallest absolute Gasteiger partial charge is 0.224 e. The van der Waals surface area contributed by atoms with E-state index >= 15 is 0 Å². The van der Waals surface area contributed by atoms with Gasteiger partial charge in [0.15, 0.2) is 5.78 Å². The highest BCUT2D eigenvalue weighted by atomic mass is 32.1. The van der Waals surface area contributed by atoms with E-state index < -0.39 is 5.92 Å². The Morgan fingerprint density at radius 1 is 1.15 bits per heavy atom. The normalized spacial score (nSPS) is 18.3. The summed E-state index contributed by atoms with van der Waals surface area (Å²) in [5, 5.41) is 6.84. The molecule has 2 aliphatic rings. The van der Waals surface area contributed by atoms with Crippen molar-refractivity contribution in [3.05, 3.63) is 40.9 Å². The largest absolute Gasteiger partial charge is 0.359 e. The van der Waals surface area contributed by atoms with Crippen molar-refractivity contribution in [2.24, 2.45) is 11.8 Å². The summed E-state index contributed by atoms with van der Waals surface area (Å²) in [7, 11) is 3.72. The van der Waals surface area contributed by atoms with Crippen LogP contribution in [0, 0.1) is 11.8 Å². The number of Topliss-reactive ketones (excluding diaryl/α,β-unsaturated/α-hetero) is 1. The predicted octanol–water partition coefficient (Wildman–Crippen LogP) is 3.98. The first-order chi connectivity index (χ1) is 19.7. The first-order valence-electron chi connectivity index (χ1n) is 15.3. The van der Waals surface area contributed by atoms with E-state index in [1.807, 2.05) is 6.07 Å². The minimum absolute atomic E-state index is 0.0833. The molecule has 1 saturated carbocycles. The van der Waals surface area contributed by atoms with Crippen LogP contribution in [0.15, 0.2) is 30.4 Å². The highest BCUT2D eigenvalue weighted by Crippen LogP contribution is 2.31. The van der Waals surface area contributed by atoms with Gasteiger partial charge in [-0.1, -0.05) is 32.4 Å². The molecule has 0 radical (unpaired) electrons. The van der Waals surface area contributed by atoms with Crippen LogP contribution in [0.3, 0.4) is 0 Å². The topological polar surface area (TPSA) is 94.6 Å². The van der Waals surface area contributed by atoms with Crippen molar-refractivity contribution in [2.45, 2.75) is 70.8 Å². The molecule has 2 atom stereocenters. The van der Waals surface area contributed by atoms with E-state index in [0.29, 0.717) is 37.3 Å². The second kappa shape index (κ2) is 15.0. The van der Waals surface area contributed by atoms with Crippen molar-refractivity contribution < 1.29 is 14.4 Å². The SMILES string of the molecule is C=C(CN1CCN(C)CC1)C(=O)CC[C@@H](NC(=O)[C@@H](CC(=O)NC)Cc1nc2ccc(CC)cc2s1)C1CCCC1. The zero-order chi connectivity index (χ0) is 29.4. The molecule has 0 spiro atoms. The number of likely N-dealkylation sites (N-methyl/N-ethyl adjacent to an activating group) is 1. The Labute approximate surface area is 248 Å². The fraction of sp³-hybridized carbons (Fsp3) is 0.625. The molecular weight excluding hydrogens is 534 g/mol. The molecule has 2 N–H and O–H groups in total. The summed E-state index contributed by atoms with van der Waals surface area (Å²) in [5.74, 6) is -0.361. The number of carbonyl (C=O) groups excluding carboxylic acids is 3. The van der Waals surface area contributed by atoms with Gasteiger partial charge in [-0.05, 0) is 56.3 Å². The highest BCUT2D eigenvalue weighted by Gasteiger charge is 2.31. The molecule has 1 aromatic heterocycles. The molecule has 2 aromatic rings. The lowest BCUT2D eigenvalue weighted by Crippen LogP contribution is -2.45. The molecule has 0 unspecified atom stereocenters. The molecule has 41 heavy (non-hydrogen) atoms. The average molecular weight is 582 g/mol. The number of rotatable bonds is 14. The molecule has 1 aliphatic heterocycles. The maximum absolute atomic E-state index is 13.7. The number of benzene rings is 1. The van der Waals surface area contributed by atoms with Gasteiger partial charge < -0.3 is 15.5 Å². The van der Waals surface area contributed by atoms with Crippen LogP contribution in [0.2, 0.25) is 0 Å². The van der Waals surface area contributed by atoms with Crippen LogP contribution < -0.4 is 10.6 Å². The lowest BCUT2D eigenvalue weighted by atomic mass is 9.91. The molecule has 1 aromatic carbocycles. The lowest BCUT2D eigenvalue weighted by molar-refractivity contribution is -0.131. The number of nitrogens with one attached hydrogen (secondary N) is 2. The number of carbonyl (C=O) groups is 3. The van der Waals surface area contributed by atoms with Gasteiger partial charge in [-0.3, -0.25) is 19.3 Å². The summed E-state index contributed by atoms with van der Waals surface area (Å²) in [5.41, 5.74) is 2.85. The van der Waals surface area contributed by atoms with E-state index in [4.69, 9.17) is 4.98 Å². The Morgan fingerprint density at radius 3 is 2.56 bits per heavy atom. The number of thiazole rings is 1. The van der Waals surface area contributed by atoms with Gasteiger partial charge >= 0.3 is 0 Å². The second-order valence-electron chi connectivity index (χ2n) is 11.8. The number of ketones is 1. The molecule has 8 nitrogen and oxygen atoms in total. The summed E-state index contributed by atoms with van der Waals surface area (Å²) < 4.78 is 1.11. The number of fused-ring (bicyclic) bond motifs is 1. The monoisotopic (exact) mass is 581 g/mol. The molecular formula is C32H47N5O3S. The van der Waals surface area contributed by atoms with E-state index in [2.05, 4.69) is 53.1 Å². The number of amides is 2. The molecule has 4 rings (SSSR count). The van der Waals surface area contributed by atoms with Gasteiger partial charge in [0, 0.05) is 70.6 Å². The molecule has 1 aliphatic carbocycles. The summed E-state index contributed by atoms with van der Waals surface area (Å²) in [6.07, 6.45) is 6.87. The summed E-state index contributed by atoms with van der Waals surface area (Å²) in [6.45, 7) is 10.8. The molecule has 1 saturated heterocycles. The maximum Gasteiger partial charge on any atom is 0.224 e. The number of aryl methyl sites for hydroxylation is 1. The average Bonchev–Trinajstić information content (AvgIpc) is 3.65. The Kier molecular flexibility index (Phi) is 11.5. The van der Waals surface area contributed by atoms with Gasteiger partial charge in [0.25, 0.3) is 0 Å². The van der Waals surface area contributed by atoms with Gasteiger partial charge in [-0.25, -0.2) is 4.98 Å². The van der Waals surface area contributed by atoms with Gasteiger partial charge in [-0.2, -0.15) is 0 Å². The van der Waals surface area contributed by atoms with E-state index in [1.165, 1.54) is 5.56 Å². The van der Waals surface area contributed by atoms with Crippen molar-refractivity contribution in [1.82, 2.24) is 25.4 Å². The summed E-state index contributed by atoms with van der Waals surface area (Å²) in [6, 6.07) is 6.20. The van der Waals surface area contributed by atoms with Gasteiger partial charge in [0.05, 0.1) is 21.1 Å². The van der Waals surface area contributed by atoms with Crippen LogP contribution in [0.4, 0.5) is 0 Å². The third-order valence-electron chi connectivity index (χ3n) is 8.79. The third-order valence-corrected chi connectivity index (χ3v) is 9.83. The van der Waals surface area contributed by atoms with Crippen molar-refractivity contribution in [1.29, 1.82) is 0 Å². The molecule has 9 heteroatoms. The molecule has 224 valence electrons. The Hall–Kier alpha value is -2.62. The van der Waals surface area contributed by atoms with Gasteiger partial charge in [0.2, 0.25) is 11.8 Å². The fourth-order valence-corrected chi connectivity index (χ4v) is 7.14. The van der Waals surface area contributed by atoms with Crippen LogP contribution in [-0.4, -0.2) is 85.2 Å². The zero-order valence-electron chi connectivity index (χ0n) is 25.0. The molecule has 2 heterocycles. The van der Waals surface area contributed by atoms with E-state index in [1.54, 1.807) is 18.4 Å².